The molecule has 3 heteroatoms. The molecule has 0 bridgehead atoms. The van der Waals surface area contributed by atoms with E-state index in [-0.39, 0.29) is 5.91 Å². The van der Waals surface area contributed by atoms with Gasteiger partial charge in [-0.3, -0.25) is 4.79 Å². The van der Waals surface area contributed by atoms with E-state index in [0.717, 1.165) is 19.3 Å². The Morgan fingerprint density at radius 2 is 2.22 bits per heavy atom. The quantitative estimate of drug-likeness (QED) is 0.669. The van der Waals surface area contributed by atoms with Gasteiger partial charge < -0.3 is 5.32 Å². The van der Waals surface area contributed by atoms with Gasteiger partial charge in [0.05, 0.1) is 0 Å². The Labute approximate surface area is 115 Å². The predicted molar refractivity (Wildman–Crippen MR) is 79.0 cm³/mol. The maximum absolute atomic E-state index is 11.7. The SMILES string of the molecule is CCCCCC(C)NC(=O)CCCc1cccs1. The number of hydrogen-bond donors (Lipinski definition) is 1. The van der Waals surface area contributed by atoms with Crippen LogP contribution in [-0.4, -0.2) is 11.9 Å². The number of unbranched alkanes of at least 4 members (excludes halogenated alkanes) is 2. The molecule has 102 valence electrons. The Hall–Kier alpha value is -0.830. The molecule has 18 heavy (non-hydrogen) atoms. The Morgan fingerprint density at radius 3 is 2.89 bits per heavy atom. The standard InChI is InChI=1S/C15H25NOS/c1-3-4-5-8-13(2)16-15(17)11-6-9-14-10-7-12-18-14/h7,10,12-13H,3-6,8-9,11H2,1-2H3,(H,16,17). The number of carbonyl (C=O) groups excluding carboxylic acids is 1. The highest BCUT2D eigenvalue weighted by atomic mass is 32.1. The minimum Gasteiger partial charge on any atom is -0.354 e. The van der Waals surface area contributed by atoms with Gasteiger partial charge in [0.25, 0.3) is 0 Å². The highest BCUT2D eigenvalue weighted by Crippen LogP contribution is 2.12. The normalized spacial score (nSPS) is 12.3. The molecule has 1 aromatic heterocycles. The fourth-order valence-electron chi connectivity index (χ4n) is 2.00. The van der Waals surface area contributed by atoms with Gasteiger partial charge >= 0.3 is 0 Å². The van der Waals surface area contributed by atoms with Crippen molar-refractivity contribution in [3.8, 4) is 0 Å². The predicted octanol–water partition coefficient (Wildman–Crippen LogP) is 4.16. The molecule has 0 spiro atoms. The lowest BCUT2D eigenvalue weighted by Crippen LogP contribution is -2.32. The monoisotopic (exact) mass is 267 g/mol. The Morgan fingerprint density at radius 1 is 1.39 bits per heavy atom. The van der Waals surface area contributed by atoms with Crippen molar-refractivity contribution in [2.24, 2.45) is 0 Å². The summed E-state index contributed by atoms with van der Waals surface area (Å²) in [6.45, 7) is 4.31. The fourth-order valence-corrected chi connectivity index (χ4v) is 2.75. The van der Waals surface area contributed by atoms with Crippen LogP contribution in [0.4, 0.5) is 0 Å². The molecule has 1 aromatic rings. The summed E-state index contributed by atoms with van der Waals surface area (Å²) in [5.74, 6) is 0.204. The summed E-state index contributed by atoms with van der Waals surface area (Å²) in [6, 6.07) is 4.53. The third-order valence-corrected chi connectivity index (χ3v) is 3.99. The second kappa shape index (κ2) is 9.15. The minimum absolute atomic E-state index is 0.204. The van der Waals surface area contributed by atoms with E-state index in [4.69, 9.17) is 0 Å². The van der Waals surface area contributed by atoms with Crippen LogP contribution in [0, 0.1) is 0 Å². The summed E-state index contributed by atoms with van der Waals surface area (Å²) >= 11 is 1.77. The maximum Gasteiger partial charge on any atom is 0.220 e. The van der Waals surface area contributed by atoms with Gasteiger partial charge in [-0.25, -0.2) is 0 Å². The number of amides is 1. The van der Waals surface area contributed by atoms with E-state index in [1.807, 2.05) is 0 Å². The van der Waals surface area contributed by atoms with Crippen molar-refractivity contribution in [2.45, 2.75) is 64.8 Å². The van der Waals surface area contributed by atoms with E-state index >= 15 is 0 Å². The number of carbonyl (C=O) groups is 1. The van der Waals surface area contributed by atoms with Crippen molar-refractivity contribution >= 4 is 17.2 Å². The Kier molecular flexibility index (Phi) is 7.74. The highest BCUT2D eigenvalue weighted by molar-refractivity contribution is 7.09. The van der Waals surface area contributed by atoms with E-state index in [1.54, 1.807) is 11.3 Å². The summed E-state index contributed by atoms with van der Waals surface area (Å²) in [6.07, 6.45) is 7.44. The first-order chi connectivity index (χ1) is 8.72. The average Bonchev–Trinajstić information content (AvgIpc) is 2.82. The molecule has 0 aromatic carbocycles. The van der Waals surface area contributed by atoms with Crippen LogP contribution in [0.3, 0.4) is 0 Å². The van der Waals surface area contributed by atoms with Crippen molar-refractivity contribution in [1.29, 1.82) is 0 Å². The Balaban J connectivity index is 2.05. The van der Waals surface area contributed by atoms with Crippen LogP contribution in [0.15, 0.2) is 17.5 Å². The van der Waals surface area contributed by atoms with Crippen molar-refractivity contribution in [1.82, 2.24) is 5.32 Å². The molecule has 1 amide bonds. The molecule has 1 heterocycles. The number of hydrogen-bond acceptors (Lipinski definition) is 2. The molecule has 2 nitrogen and oxygen atoms in total. The topological polar surface area (TPSA) is 29.1 Å². The average molecular weight is 267 g/mol. The van der Waals surface area contributed by atoms with Gasteiger partial charge in [0.1, 0.15) is 0 Å². The zero-order valence-electron chi connectivity index (χ0n) is 11.6. The van der Waals surface area contributed by atoms with Crippen molar-refractivity contribution in [3.05, 3.63) is 22.4 Å². The maximum atomic E-state index is 11.7. The third kappa shape index (κ3) is 6.80. The largest absolute Gasteiger partial charge is 0.354 e. The molecule has 0 radical (unpaired) electrons. The van der Waals surface area contributed by atoms with Crippen LogP contribution in [0.5, 0.6) is 0 Å². The summed E-state index contributed by atoms with van der Waals surface area (Å²) in [5, 5.41) is 5.17. The van der Waals surface area contributed by atoms with E-state index < -0.39 is 0 Å². The molecule has 0 aliphatic carbocycles. The Bertz CT molecular complexity index is 321. The lowest BCUT2D eigenvalue weighted by molar-refractivity contribution is -0.121. The number of thiophene rings is 1. The smallest absolute Gasteiger partial charge is 0.220 e. The molecule has 0 fully saturated rings. The van der Waals surface area contributed by atoms with Crippen LogP contribution in [-0.2, 0) is 11.2 Å². The zero-order valence-corrected chi connectivity index (χ0v) is 12.4. The van der Waals surface area contributed by atoms with Gasteiger partial charge in [-0.2, -0.15) is 0 Å². The number of aryl methyl sites for hydroxylation is 1. The van der Waals surface area contributed by atoms with Crippen molar-refractivity contribution in [3.63, 3.8) is 0 Å². The van der Waals surface area contributed by atoms with Crippen LogP contribution in [0.1, 0.15) is 57.2 Å². The molecule has 0 saturated heterocycles. The number of nitrogens with one attached hydrogen (secondary N) is 1. The first-order valence-electron chi connectivity index (χ1n) is 7.04. The van der Waals surface area contributed by atoms with E-state index in [1.165, 1.54) is 24.1 Å². The van der Waals surface area contributed by atoms with Crippen molar-refractivity contribution < 1.29 is 4.79 Å². The van der Waals surface area contributed by atoms with Crippen LogP contribution in [0.2, 0.25) is 0 Å². The molecular formula is C15H25NOS. The van der Waals surface area contributed by atoms with Gasteiger partial charge in [0, 0.05) is 17.3 Å². The second-order valence-electron chi connectivity index (χ2n) is 4.90. The van der Waals surface area contributed by atoms with Crippen molar-refractivity contribution in [2.75, 3.05) is 0 Å². The van der Waals surface area contributed by atoms with Gasteiger partial charge in [-0.15, -0.1) is 11.3 Å². The van der Waals surface area contributed by atoms with E-state index in [2.05, 4.69) is 36.7 Å². The van der Waals surface area contributed by atoms with Gasteiger partial charge in [-0.05, 0) is 37.6 Å². The van der Waals surface area contributed by atoms with Crippen LogP contribution >= 0.6 is 11.3 Å². The number of rotatable bonds is 9. The molecule has 1 rings (SSSR count). The van der Waals surface area contributed by atoms with E-state index in [0.29, 0.717) is 12.5 Å². The van der Waals surface area contributed by atoms with Gasteiger partial charge in [0.15, 0.2) is 0 Å². The summed E-state index contributed by atoms with van der Waals surface area (Å²) in [7, 11) is 0. The highest BCUT2D eigenvalue weighted by Gasteiger charge is 2.06. The molecule has 1 unspecified atom stereocenters. The van der Waals surface area contributed by atoms with Crippen LogP contribution in [0.25, 0.3) is 0 Å². The molecule has 1 N–H and O–H groups in total. The molecular weight excluding hydrogens is 242 g/mol. The molecule has 0 saturated carbocycles. The van der Waals surface area contributed by atoms with E-state index in [9.17, 15) is 4.79 Å². The van der Waals surface area contributed by atoms with Gasteiger partial charge in [-0.1, -0.05) is 32.3 Å². The summed E-state index contributed by atoms with van der Waals surface area (Å²) in [5.41, 5.74) is 0. The minimum atomic E-state index is 0.204. The molecule has 0 aliphatic heterocycles. The fraction of sp³-hybridized carbons (Fsp3) is 0.667. The lowest BCUT2D eigenvalue weighted by atomic mass is 10.1. The first-order valence-corrected chi connectivity index (χ1v) is 7.92. The van der Waals surface area contributed by atoms with Crippen LogP contribution < -0.4 is 5.32 Å². The summed E-state index contributed by atoms with van der Waals surface area (Å²) < 4.78 is 0. The lowest BCUT2D eigenvalue weighted by Gasteiger charge is -2.13. The second-order valence-corrected chi connectivity index (χ2v) is 5.93. The summed E-state index contributed by atoms with van der Waals surface area (Å²) in [4.78, 5) is 13.1. The third-order valence-electron chi connectivity index (χ3n) is 3.06. The molecule has 0 aliphatic rings. The molecule has 1 atom stereocenters. The first kappa shape index (κ1) is 15.2. The van der Waals surface area contributed by atoms with Gasteiger partial charge in [0.2, 0.25) is 5.91 Å². The zero-order chi connectivity index (χ0) is 13.2.